The molecule has 1 heterocycles. The van der Waals surface area contributed by atoms with Crippen LogP contribution in [0.4, 0.5) is 4.39 Å². The van der Waals surface area contributed by atoms with Crippen LogP contribution in [-0.2, 0) is 6.42 Å². The molecular formula is C14H14BrFN2S. The number of benzene rings is 1. The summed E-state index contributed by atoms with van der Waals surface area (Å²) in [6.45, 7) is 4.02. The number of aromatic amines is 1. The highest BCUT2D eigenvalue weighted by Gasteiger charge is 2.10. The summed E-state index contributed by atoms with van der Waals surface area (Å²) >= 11 is 8.70. The molecule has 2 aromatic rings. The van der Waals surface area contributed by atoms with Crippen molar-refractivity contribution in [2.75, 3.05) is 0 Å². The van der Waals surface area contributed by atoms with Gasteiger partial charge in [0.2, 0.25) is 0 Å². The van der Waals surface area contributed by atoms with Gasteiger partial charge in [0.05, 0.1) is 4.47 Å². The van der Waals surface area contributed by atoms with Gasteiger partial charge in [-0.2, -0.15) is 0 Å². The van der Waals surface area contributed by atoms with E-state index in [0.717, 1.165) is 34.1 Å². The van der Waals surface area contributed by atoms with Gasteiger partial charge in [-0.1, -0.05) is 31.6 Å². The second kappa shape index (κ2) is 5.92. The maximum absolute atomic E-state index is 13.4. The lowest BCUT2D eigenvalue weighted by Crippen LogP contribution is -1.99. The Morgan fingerprint density at radius 2 is 2.16 bits per heavy atom. The molecule has 100 valence electrons. The Labute approximate surface area is 125 Å². The lowest BCUT2D eigenvalue weighted by Gasteiger charge is -2.10. The number of nitrogens with zero attached hydrogens (tertiary/aromatic N) is 1. The van der Waals surface area contributed by atoms with Crippen molar-refractivity contribution in [1.82, 2.24) is 9.97 Å². The Balaban J connectivity index is 2.62. The smallest absolute Gasteiger partial charge is 0.144 e. The zero-order chi connectivity index (χ0) is 14.0. The van der Waals surface area contributed by atoms with Crippen molar-refractivity contribution in [2.24, 2.45) is 0 Å². The van der Waals surface area contributed by atoms with Crippen molar-refractivity contribution in [1.29, 1.82) is 0 Å². The summed E-state index contributed by atoms with van der Waals surface area (Å²) in [5.41, 5.74) is 2.71. The lowest BCUT2D eigenvalue weighted by atomic mass is 10.1. The van der Waals surface area contributed by atoms with Crippen LogP contribution in [0.1, 0.15) is 24.6 Å². The van der Waals surface area contributed by atoms with Crippen LogP contribution >= 0.6 is 28.1 Å². The van der Waals surface area contributed by atoms with E-state index >= 15 is 0 Å². The van der Waals surface area contributed by atoms with Crippen molar-refractivity contribution in [3.05, 3.63) is 44.4 Å². The fourth-order valence-electron chi connectivity index (χ4n) is 1.90. The second-order valence-electron chi connectivity index (χ2n) is 4.39. The highest BCUT2D eigenvalue weighted by Crippen LogP contribution is 2.25. The van der Waals surface area contributed by atoms with Crippen LogP contribution < -0.4 is 0 Å². The standard InChI is InChI=1S/C14H14BrFN2S/c1-3-4-11-12(15)14(19)18-13(17-11)10-7-9(16)6-5-8(10)2/h5-7H,3-4H2,1-2H3,(H,17,18,19). The van der Waals surface area contributed by atoms with Crippen LogP contribution in [0.2, 0.25) is 0 Å². The molecule has 1 aromatic heterocycles. The van der Waals surface area contributed by atoms with Gasteiger partial charge in [0.15, 0.2) is 0 Å². The average molecular weight is 341 g/mol. The summed E-state index contributed by atoms with van der Waals surface area (Å²) in [5.74, 6) is 0.343. The normalized spacial score (nSPS) is 10.7. The molecule has 1 N–H and O–H groups in total. The van der Waals surface area contributed by atoms with Crippen LogP contribution in [0.3, 0.4) is 0 Å². The molecule has 0 fully saturated rings. The SMILES string of the molecule is CCCc1[nH]c(-c2cc(F)ccc2C)nc(=S)c1Br. The Bertz CT molecular complexity index is 667. The summed E-state index contributed by atoms with van der Waals surface area (Å²) in [6, 6.07) is 4.66. The minimum atomic E-state index is -0.276. The van der Waals surface area contributed by atoms with Gasteiger partial charge in [0, 0.05) is 11.3 Å². The molecule has 0 unspecified atom stereocenters. The molecule has 0 bridgehead atoms. The third-order valence-corrected chi connectivity index (χ3v) is 4.30. The van der Waals surface area contributed by atoms with Crippen molar-refractivity contribution in [3.63, 3.8) is 0 Å². The molecular weight excluding hydrogens is 327 g/mol. The van der Waals surface area contributed by atoms with Gasteiger partial charge >= 0.3 is 0 Å². The maximum Gasteiger partial charge on any atom is 0.144 e. The Hall–Kier alpha value is -1.07. The predicted octanol–water partition coefficient (Wildman–Crippen LogP) is 4.97. The van der Waals surface area contributed by atoms with E-state index < -0.39 is 0 Å². The van der Waals surface area contributed by atoms with Crippen LogP contribution in [0.15, 0.2) is 22.7 Å². The zero-order valence-corrected chi connectivity index (χ0v) is 13.2. The molecule has 0 aliphatic carbocycles. The van der Waals surface area contributed by atoms with Gasteiger partial charge in [-0.05, 0) is 47.0 Å². The molecule has 2 nitrogen and oxygen atoms in total. The highest BCUT2D eigenvalue weighted by molar-refractivity contribution is 9.10. The summed E-state index contributed by atoms with van der Waals surface area (Å²) < 4.78 is 14.7. The van der Waals surface area contributed by atoms with Gasteiger partial charge in [-0.15, -0.1) is 0 Å². The summed E-state index contributed by atoms with van der Waals surface area (Å²) in [5, 5.41) is 0. The predicted molar refractivity (Wildman–Crippen MR) is 81.2 cm³/mol. The fraction of sp³-hybridized carbons (Fsp3) is 0.286. The number of rotatable bonds is 3. The van der Waals surface area contributed by atoms with E-state index in [1.165, 1.54) is 12.1 Å². The molecule has 19 heavy (non-hydrogen) atoms. The topological polar surface area (TPSA) is 28.7 Å². The molecule has 0 aliphatic heterocycles. The molecule has 0 radical (unpaired) electrons. The van der Waals surface area contributed by atoms with Crippen LogP contribution in [0, 0.1) is 17.4 Å². The fourth-order valence-corrected chi connectivity index (χ4v) is 2.51. The monoisotopic (exact) mass is 340 g/mol. The molecule has 1 aromatic carbocycles. The van der Waals surface area contributed by atoms with Gasteiger partial charge < -0.3 is 4.98 Å². The van der Waals surface area contributed by atoms with Gasteiger partial charge in [-0.3, -0.25) is 0 Å². The van der Waals surface area contributed by atoms with Gasteiger partial charge in [0.25, 0.3) is 0 Å². The molecule has 5 heteroatoms. The third kappa shape index (κ3) is 3.09. The number of aryl methyl sites for hydroxylation is 2. The van der Waals surface area contributed by atoms with E-state index in [9.17, 15) is 4.39 Å². The number of nitrogens with one attached hydrogen (secondary N) is 1. The highest BCUT2D eigenvalue weighted by atomic mass is 79.9. The Morgan fingerprint density at radius 1 is 1.42 bits per heavy atom. The van der Waals surface area contributed by atoms with Crippen LogP contribution in [0.25, 0.3) is 11.4 Å². The molecule has 0 spiro atoms. The summed E-state index contributed by atoms with van der Waals surface area (Å²) in [4.78, 5) is 7.58. The van der Waals surface area contributed by atoms with Crippen molar-refractivity contribution < 1.29 is 4.39 Å². The van der Waals surface area contributed by atoms with Gasteiger partial charge in [0.1, 0.15) is 16.3 Å². The quantitative estimate of drug-likeness (QED) is 0.799. The largest absolute Gasteiger partial charge is 0.342 e. The van der Waals surface area contributed by atoms with E-state index in [2.05, 4.69) is 32.8 Å². The first-order valence-corrected chi connectivity index (χ1v) is 7.28. The Kier molecular flexibility index (Phi) is 4.47. The molecule has 2 rings (SSSR count). The second-order valence-corrected chi connectivity index (χ2v) is 5.57. The average Bonchev–Trinajstić information content (AvgIpc) is 2.38. The van der Waals surface area contributed by atoms with E-state index in [-0.39, 0.29) is 5.82 Å². The van der Waals surface area contributed by atoms with Crippen LogP contribution in [-0.4, -0.2) is 9.97 Å². The molecule has 0 saturated carbocycles. The van der Waals surface area contributed by atoms with E-state index in [0.29, 0.717) is 10.5 Å². The first-order chi connectivity index (χ1) is 9.02. The van der Waals surface area contributed by atoms with E-state index in [4.69, 9.17) is 12.2 Å². The van der Waals surface area contributed by atoms with Crippen molar-refractivity contribution >= 4 is 28.1 Å². The molecule has 0 saturated heterocycles. The number of H-pyrrole nitrogens is 1. The summed E-state index contributed by atoms with van der Waals surface area (Å²) in [6.07, 6.45) is 1.86. The van der Waals surface area contributed by atoms with E-state index in [1.54, 1.807) is 6.07 Å². The minimum Gasteiger partial charge on any atom is -0.342 e. The number of hydrogen-bond acceptors (Lipinski definition) is 2. The maximum atomic E-state index is 13.4. The Morgan fingerprint density at radius 3 is 2.84 bits per heavy atom. The molecule has 0 atom stereocenters. The third-order valence-electron chi connectivity index (χ3n) is 2.89. The number of aromatic nitrogens is 2. The summed E-state index contributed by atoms with van der Waals surface area (Å²) in [7, 11) is 0. The minimum absolute atomic E-state index is 0.276. The van der Waals surface area contributed by atoms with Crippen molar-refractivity contribution in [2.45, 2.75) is 26.7 Å². The number of hydrogen-bond donors (Lipinski definition) is 1. The lowest BCUT2D eigenvalue weighted by molar-refractivity contribution is 0.627. The number of halogens is 2. The van der Waals surface area contributed by atoms with Crippen LogP contribution in [0.5, 0.6) is 0 Å². The zero-order valence-electron chi connectivity index (χ0n) is 10.8. The van der Waals surface area contributed by atoms with E-state index in [1.807, 2.05) is 6.92 Å². The molecule has 0 aliphatic rings. The van der Waals surface area contributed by atoms with Crippen molar-refractivity contribution in [3.8, 4) is 11.4 Å². The first kappa shape index (κ1) is 14.3. The molecule has 0 amide bonds. The first-order valence-electron chi connectivity index (χ1n) is 6.08. The van der Waals surface area contributed by atoms with Gasteiger partial charge in [-0.25, -0.2) is 9.37 Å².